The van der Waals surface area contributed by atoms with E-state index in [9.17, 15) is 0 Å². The number of hydrogen-bond acceptors (Lipinski definition) is 7. The molecule has 1 aromatic heterocycles. The predicted octanol–water partition coefficient (Wildman–Crippen LogP) is 1.58. The van der Waals surface area contributed by atoms with E-state index in [2.05, 4.69) is 20.3 Å². The number of anilines is 4. The number of nitrogen functional groups attached to an aromatic ring is 1. The summed E-state index contributed by atoms with van der Waals surface area (Å²) in [5, 5.41) is 3.14. The Hall–Kier alpha value is -2.57. The summed E-state index contributed by atoms with van der Waals surface area (Å²) >= 11 is 0. The van der Waals surface area contributed by atoms with Crippen LogP contribution in [0.1, 0.15) is 5.56 Å². The van der Waals surface area contributed by atoms with Gasteiger partial charge in [0, 0.05) is 19.8 Å². The number of nitrogens with two attached hydrogens (primary N) is 1. The van der Waals surface area contributed by atoms with E-state index < -0.39 is 0 Å². The van der Waals surface area contributed by atoms with Gasteiger partial charge in [-0.1, -0.05) is 0 Å². The summed E-state index contributed by atoms with van der Waals surface area (Å²) in [6.45, 7) is 1.97. The fraction of sp³-hybridized carbons (Fsp3) is 0.308. The van der Waals surface area contributed by atoms with Crippen LogP contribution in [0.4, 0.5) is 23.5 Å². The van der Waals surface area contributed by atoms with Gasteiger partial charge in [-0.15, -0.1) is 0 Å². The molecule has 2 aromatic rings. The number of hydrogen-bond donors (Lipinski definition) is 2. The molecule has 0 aliphatic heterocycles. The van der Waals surface area contributed by atoms with Crippen molar-refractivity contribution in [2.45, 2.75) is 6.92 Å². The van der Waals surface area contributed by atoms with Crippen LogP contribution in [-0.2, 0) is 0 Å². The second-order valence-electron chi connectivity index (χ2n) is 4.52. The topological polar surface area (TPSA) is 89.2 Å². The molecule has 0 radical (unpaired) electrons. The zero-order valence-electron chi connectivity index (χ0n) is 12.0. The maximum Gasteiger partial charge on any atom is 0.233 e. The maximum atomic E-state index is 5.69. The Morgan fingerprint density at radius 2 is 1.95 bits per heavy atom. The van der Waals surface area contributed by atoms with Gasteiger partial charge >= 0.3 is 0 Å². The molecule has 7 nitrogen and oxygen atoms in total. The zero-order chi connectivity index (χ0) is 14.7. The molecule has 20 heavy (non-hydrogen) atoms. The van der Waals surface area contributed by atoms with E-state index in [1.54, 1.807) is 12.0 Å². The molecule has 0 saturated heterocycles. The molecular weight excluding hydrogens is 256 g/mol. The molecule has 0 unspecified atom stereocenters. The number of ether oxygens (including phenoxy) is 1. The Kier molecular flexibility index (Phi) is 3.88. The predicted molar refractivity (Wildman–Crippen MR) is 79.6 cm³/mol. The Balaban J connectivity index is 2.30. The fourth-order valence-corrected chi connectivity index (χ4v) is 1.66. The van der Waals surface area contributed by atoms with Crippen LogP contribution >= 0.6 is 0 Å². The number of rotatable bonds is 4. The van der Waals surface area contributed by atoms with Crippen molar-refractivity contribution >= 4 is 23.5 Å². The van der Waals surface area contributed by atoms with E-state index in [1.807, 2.05) is 39.2 Å². The lowest BCUT2D eigenvalue weighted by Gasteiger charge is -2.13. The summed E-state index contributed by atoms with van der Waals surface area (Å²) in [6, 6.07) is 5.70. The summed E-state index contributed by atoms with van der Waals surface area (Å²) in [7, 11) is 5.33. The van der Waals surface area contributed by atoms with Crippen LogP contribution in [0.5, 0.6) is 5.75 Å². The number of nitrogens with one attached hydrogen (secondary N) is 1. The highest BCUT2D eigenvalue weighted by Crippen LogP contribution is 2.23. The Labute approximate surface area is 117 Å². The maximum absolute atomic E-state index is 5.69. The standard InChI is InChI=1S/C13H18N6O/c1-8-7-9(20-4)5-6-10(8)15-12-16-11(14)17-13(18-12)19(2)3/h5-7H,1-4H3,(H3,14,15,16,17,18). The second-order valence-corrected chi connectivity index (χ2v) is 4.52. The lowest BCUT2D eigenvalue weighted by Crippen LogP contribution is -2.15. The van der Waals surface area contributed by atoms with Gasteiger partial charge < -0.3 is 20.7 Å². The minimum atomic E-state index is 0.178. The largest absolute Gasteiger partial charge is 0.497 e. The quantitative estimate of drug-likeness (QED) is 0.874. The van der Waals surface area contributed by atoms with Crippen LogP contribution in [0.15, 0.2) is 18.2 Å². The first-order valence-electron chi connectivity index (χ1n) is 6.10. The van der Waals surface area contributed by atoms with E-state index in [1.165, 1.54) is 0 Å². The summed E-state index contributed by atoms with van der Waals surface area (Å²) in [5.41, 5.74) is 7.60. The zero-order valence-corrected chi connectivity index (χ0v) is 12.0. The molecule has 1 aromatic carbocycles. The van der Waals surface area contributed by atoms with Crippen molar-refractivity contribution in [2.24, 2.45) is 0 Å². The highest BCUT2D eigenvalue weighted by Gasteiger charge is 2.08. The number of aromatic nitrogens is 3. The van der Waals surface area contributed by atoms with Gasteiger partial charge in [0.15, 0.2) is 0 Å². The fourth-order valence-electron chi connectivity index (χ4n) is 1.66. The lowest BCUT2D eigenvalue weighted by molar-refractivity contribution is 0.414. The van der Waals surface area contributed by atoms with E-state index in [0.717, 1.165) is 17.0 Å². The van der Waals surface area contributed by atoms with Gasteiger partial charge in [0.1, 0.15) is 5.75 Å². The lowest BCUT2D eigenvalue weighted by atomic mass is 10.2. The van der Waals surface area contributed by atoms with Crippen molar-refractivity contribution in [3.63, 3.8) is 0 Å². The third-order valence-electron chi connectivity index (χ3n) is 2.72. The molecule has 3 N–H and O–H groups in total. The van der Waals surface area contributed by atoms with Crippen molar-refractivity contribution in [1.29, 1.82) is 0 Å². The number of methoxy groups -OCH3 is 1. The molecule has 0 fully saturated rings. The molecular formula is C13H18N6O. The van der Waals surface area contributed by atoms with E-state index in [0.29, 0.717) is 11.9 Å². The van der Waals surface area contributed by atoms with Crippen molar-refractivity contribution < 1.29 is 4.74 Å². The van der Waals surface area contributed by atoms with E-state index in [-0.39, 0.29) is 5.95 Å². The Morgan fingerprint density at radius 1 is 1.20 bits per heavy atom. The Morgan fingerprint density at radius 3 is 2.55 bits per heavy atom. The third kappa shape index (κ3) is 3.05. The molecule has 1 heterocycles. The third-order valence-corrected chi connectivity index (χ3v) is 2.72. The number of aryl methyl sites for hydroxylation is 1. The van der Waals surface area contributed by atoms with Crippen molar-refractivity contribution in [3.05, 3.63) is 23.8 Å². The van der Waals surface area contributed by atoms with Gasteiger partial charge in [0.25, 0.3) is 0 Å². The van der Waals surface area contributed by atoms with Gasteiger partial charge in [-0.2, -0.15) is 15.0 Å². The summed E-state index contributed by atoms with van der Waals surface area (Å²) < 4.78 is 5.17. The first-order valence-corrected chi connectivity index (χ1v) is 6.10. The van der Waals surface area contributed by atoms with E-state index >= 15 is 0 Å². The van der Waals surface area contributed by atoms with Gasteiger partial charge in [0.2, 0.25) is 17.8 Å². The first-order chi connectivity index (χ1) is 9.49. The van der Waals surface area contributed by atoms with Gasteiger partial charge in [-0.25, -0.2) is 0 Å². The van der Waals surface area contributed by atoms with Crippen LogP contribution < -0.4 is 20.7 Å². The normalized spacial score (nSPS) is 10.2. The summed E-state index contributed by atoms with van der Waals surface area (Å²) in [5.74, 6) is 1.90. The molecule has 0 bridgehead atoms. The smallest absolute Gasteiger partial charge is 0.233 e. The molecule has 7 heteroatoms. The van der Waals surface area contributed by atoms with E-state index in [4.69, 9.17) is 10.5 Å². The minimum Gasteiger partial charge on any atom is -0.497 e. The molecule has 0 saturated carbocycles. The molecule has 0 spiro atoms. The van der Waals surface area contributed by atoms with Crippen LogP contribution in [0.25, 0.3) is 0 Å². The highest BCUT2D eigenvalue weighted by molar-refractivity contribution is 5.61. The summed E-state index contributed by atoms with van der Waals surface area (Å²) in [6.07, 6.45) is 0. The van der Waals surface area contributed by atoms with Crippen LogP contribution in [0.3, 0.4) is 0 Å². The average Bonchev–Trinajstić information content (AvgIpc) is 2.40. The van der Waals surface area contributed by atoms with Gasteiger partial charge in [-0.3, -0.25) is 0 Å². The Bertz CT molecular complexity index is 614. The SMILES string of the molecule is COc1ccc(Nc2nc(N)nc(N(C)C)n2)c(C)c1. The molecule has 0 amide bonds. The monoisotopic (exact) mass is 274 g/mol. The average molecular weight is 274 g/mol. The van der Waals surface area contributed by atoms with Crippen LogP contribution in [0.2, 0.25) is 0 Å². The molecule has 2 rings (SSSR count). The van der Waals surface area contributed by atoms with Crippen molar-refractivity contribution in [1.82, 2.24) is 15.0 Å². The molecule has 0 aliphatic carbocycles. The number of benzene rings is 1. The summed E-state index contributed by atoms with van der Waals surface area (Å²) in [4.78, 5) is 14.2. The van der Waals surface area contributed by atoms with Crippen molar-refractivity contribution in [3.8, 4) is 5.75 Å². The number of nitrogens with zero attached hydrogens (tertiary/aromatic N) is 4. The second kappa shape index (κ2) is 5.60. The molecule has 0 atom stereocenters. The van der Waals surface area contributed by atoms with Gasteiger partial charge in [0.05, 0.1) is 7.11 Å². The molecule has 106 valence electrons. The highest BCUT2D eigenvalue weighted by atomic mass is 16.5. The first kappa shape index (κ1) is 13.9. The van der Waals surface area contributed by atoms with Crippen molar-refractivity contribution in [2.75, 3.05) is 37.2 Å². The van der Waals surface area contributed by atoms with Crippen LogP contribution in [-0.4, -0.2) is 36.2 Å². The van der Waals surface area contributed by atoms with Gasteiger partial charge in [-0.05, 0) is 30.7 Å². The van der Waals surface area contributed by atoms with Crippen LogP contribution in [0, 0.1) is 6.92 Å². The minimum absolute atomic E-state index is 0.178. The molecule has 0 aliphatic rings.